The van der Waals surface area contributed by atoms with Crippen LogP contribution in [-0.4, -0.2) is 58.7 Å². The third-order valence-electron chi connectivity index (χ3n) is 5.32. The Morgan fingerprint density at radius 1 is 0.931 bits per heavy atom. The van der Waals surface area contributed by atoms with E-state index in [1.54, 1.807) is 16.9 Å². The van der Waals surface area contributed by atoms with Crippen molar-refractivity contribution in [3.05, 3.63) is 83.7 Å². The highest BCUT2D eigenvalue weighted by Crippen LogP contribution is 2.10. The molecule has 0 unspecified atom stereocenters. The number of hydrogen-bond acceptors (Lipinski definition) is 4. The van der Waals surface area contributed by atoms with Crippen molar-refractivity contribution in [2.75, 3.05) is 33.2 Å². The number of hydrogen-bond donors (Lipinski definition) is 1. The molecule has 6 heteroatoms. The fraction of sp³-hybridized carbons (Fsp3) is 0.304. The minimum absolute atomic E-state index is 0.166. The van der Waals surface area contributed by atoms with Crippen molar-refractivity contribution in [1.82, 2.24) is 24.9 Å². The van der Waals surface area contributed by atoms with Crippen molar-refractivity contribution in [1.29, 1.82) is 0 Å². The first kappa shape index (κ1) is 19.4. The van der Waals surface area contributed by atoms with Gasteiger partial charge in [0.25, 0.3) is 5.91 Å². The molecule has 1 fully saturated rings. The van der Waals surface area contributed by atoms with Crippen LogP contribution in [0.25, 0.3) is 5.69 Å². The number of para-hydroxylation sites is 1. The van der Waals surface area contributed by atoms with Crippen molar-refractivity contribution in [3.8, 4) is 5.69 Å². The first-order chi connectivity index (χ1) is 14.2. The maximum Gasteiger partial charge on any atom is 0.272 e. The molecule has 0 atom stereocenters. The van der Waals surface area contributed by atoms with Crippen molar-refractivity contribution in [2.24, 2.45) is 0 Å². The summed E-state index contributed by atoms with van der Waals surface area (Å²) in [6, 6.07) is 20.0. The van der Waals surface area contributed by atoms with E-state index in [1.807, 2.05) is 30.3 Å². The second-order valence-electron chi connectivity index (χ2n) is 7.56. The zero-order chi connectivity index (χ0) is 20.1. The smallest absolute Gasteiger partial charge is 0.272 e. The van der Waals surface area contributed by atoms with Gasteiger partial charge in [0.05, 0.1) is 5.69 Å². The van der Waals surface area contributed by atoms with Gasteiger partial charge in [-0.2, -0.15) is 5.10 Å². The van der Waals surface area contributed by atoms with Crippen LogP contribution in [0.4, 0.5) is 0 Å². The van der Waals surface area contributed by atoms with Crippen molar-refractivity contribution < 1.29 is 4.79 Å². The highest BCUT2D eigenvalue weighted by Gasteiger charge is 2.14. The van der Waals surface area contributed by atoms with E-state index in [0.29, 0.717) is 12.2 Å². The minimum Gasteiger partial charge on any atom is -0.347 e. The number of aromatic nitrogens is 2. The van der Waals surface area contributed by atoms with Gasteiger partial charge < -0.3 is 10.2 Å². The number of nitrogens with zero attached hydrogens (tertiary/aromatic N) is 4. The molecule has 4 rings (SSSR count). The number of rotatable bonds is 6. The Balaban J connectivity index is 1.29. The highest BCUT2D eigenvalue weighted by molar-refractivity contribution is 5.92. The van der Waals surface area contributed by atoms with E-state index in [2.05, 4.69) is 51.5 Å². The molecule has 1 aliphatic heterocycles. The quantitative estimate of drug-likeness (QED) is 0.704. The molecule has 2 aromatic carbocycles. The lowest BCUT2D eigenvalue weighted by molar-refractivity contribution is 0.0945. The molecule has 1 aromatic heterocycles. The first-order valence-corrected chi connectivity index (χ1v) is 10.1. The van der Waals surface area contributed by atoms with E-state index >= 15 is 0 Å². The predicted octanol–water partition coefficient (Wildman–Crippen LogP) is 2.55. The van der Waals surface area contributed by atoms with Crippen molar-refractivity contribution in [2.45, 2.75) is 13.1 Å². The number of carbonyl (C=O) groups is 1. The monoisotopic (exact) mass is 389 g/mol. The van der Waals surface area contributed by atoms with Crippen molar-refractivity contribution >= 4 is 5.91 Å². The summed E-state index contributed by atoms with van der Waals surface area (Å²) in [5.74, 6) is -0.166. The Morgan fingerprint density at radius 2 is 1.62 bits per heavy atom. The molecule has 150 valence electrons. The van der Waals surface area contributed by atoms with Gasteiger partial charge in [-0.1, -0.05) is 42.5 Å². The third-order valence-corrected chi connectivity index (χ3v) is 5.32. The third kappa shape index (κ3) is 5.10. The average Bonchev–Trinajstić information content (AvgIpc) is 3.26. The van der Waals surface area contributed by atoms with Crippen LogP contribution in [0.15, 0.2) is 66.9 Å². The maximum absolute atomic E-state index is 12.4. The van der Waals surface area contributed by atoms with Gasteiger partial charge in [-0.05, 0) is 36.4 Å². The van der Waals surface area contributed by atoms with E-state index in [-0.39, 0.29) is 5.91 Å². The van der Waals surface area contributed by atoms with Gasteiger partial charge in [0, 0.05) is 45.5 Å². The normalized spacial score (nSPS) is 15.3. The molecule has 0 bridgehead atoms. The second-order valence-corrected chi connectivity index (χ2v) is 7.56. The summed E-state index contributed by atoms with van der Waals surface area (Å²) in [5, 5.41) is 7.33. The van der Waals surface area contributed by atoms with E-state index < -0.39 is 0 Å². The molecular formula is C23H27N5O. The number of nitrogens with one attached hydrogen (secondary N) is 1. The maximum atomic E-state index is 12.4. The van der Waals surface area contributed by atoms with E-state index in [1.165, 1.54) is 5.56 Å². The molecule has 3 aromatic rings. The predicted molar refractivity (Wildman–Crippen MR) is 114 cm³/mol. The summed E-state index contributed by atoms with van der Waals surface area (Å²) in [4.78, 5) is 17.3. The number of carbonyl (C=O) groups excluding carboxylic acids is 1. The zero-order valence-corrected chi connectivity index (χ0v) is 16.8. The van der Waals surface area contributed by atoms with Crippen LogP contribution < -0.4 is 5.32 Å². The van der Waals surface area contributed by atoms with E-state index in [0.717, 1.165) is 44.0 Å². The van der Waals surface area contributed by atoms with Gasteiger partial charge in [0.1, 0.15) is 0 Å². The van der Waals surface area contributed by atoms with Crippen LogP contribution in [0.3, 0.4) is 0 Å². The number of likely N-dealkylation sites (N-methyl/N-ethyl adjacent to an activating group) is 1. The lowest BCUT2D eigenvalue weighted by Crippen LogP contribution is -2.43. The molecule has 0 spiro atoms. The van der Waals surface area contributed by atoms with Gasteiger partial charge in [0.2, 0.25) is 0 Å². The minimum atomic E-state index is -0.166. The van der Waals surface area contributed by atoms with Gasteiger partial charge >= 0.3 is 0 Å². The topological polar surface area (TPSA) is 53.4 Å². The largest absolute Gasteiger partial charge is 0.347 e. The Labute approximate surface area is 171 Å². The lowest BCUT2D eigenvalue weighted by Gasteiger charge is -2.32. The number of amides is 1. The summed E-state index contributed by atoms with van der Waals surface area (Å²) >= 11 is 0. The molecule has 1 aliphatic rings. The van der Waals surface area contributed by atoms with Gasteiger partial charge in [-0.3, -0.25) is 9.69 Å². The number of piperazine rings is 1. The molecule has 0 aliphatic carbocycles. The van der Waals surface area contributed by atoms with Crippen LogP contribution in [0.5, 0.6) is 0 Å². The van der Waals surface area contributed by atoms with Gasteiger partial charge in [-0.15, -0.1) is 0 Å². The first-order valence-electron chi connectivity index (χ1n) is 10.1. The average molecular weight is 390 g/mol. The van der Waals surface area contributed by atoms with E-state index in [4.69, 9.17) is 0 Å². The SMILES string of the molecule is CN1CCN(Cc2ccc(CNC(=O)c3ccn(-c4ccccc4)n3)cc2)CC1. The Kier molecular flexibility index (Phi) is 6.03. The molecule has 0 radical (unpaired) electrons. The van der Waals surface area contributed by atoms with Crippen LogP contribution in [0.1, 0.15) is 21.6 Å². The van der Waals surface area contributed by atoms with Crippen LogP contribution in [0.2, 0.25) is 0 Å². The molecule has 29 heavy (non-hydrogen) atoms. The Morgan fingerprint density at radius 3 is 2.34 bits per heavy atom. The molecular weight excluding hydrogens is 362 g/mol. The second kappa shape index (κ2) is 9.03. The molecule has 1 amide bonds. The standard InChI is InChI=1S/C23H27N5O/c1-26-13-15-27(16-14-26)18-20-9-7-19(8-10-20)17-24-23(29)22-11-12-28(25-22)21-5-3-2-4-6-21/h2-12H,13-18H2,1H3,(H,24,29). The molecule has 6 nitrogen and oxygen atoms in total. The van der Waals surface area contributed by atoms with Gasteiger partial charge in [0.15, 0.2) is 5.69 Å². The fourth-order valence-electron chi connectivity index (χ4n) is 3.47. The summed E-state index contributed by atoms with van der Waals surface area (Å²) in [7, 11) is 2.17. The highest BCUT2D eigenvalue weighted by atomic mass is 16.1. The van der Waals surface area contributed by atoms with Crippen LogP contribution in [-0.2, 0) is 13.1 Å². The Bertz CT molecular complexity index is 927. The molecule has 1 N–H and O–H groups in total. The summed E-state index contributed by atoms with van der Waals surface area (Å²) in [5.41, 5.74) is 3.75. The number of benzene rings is 2. The molecule has 0 saturated carbocycles. The zero-order valence-electron chi connectivity index (χ0n) is 16.8. The summed E-state index contributed by atoms with van der Waals surface area (Å²) in [6.07, 6.45) is 1.80. The lowest BCUT2D eigenvalue weighted by atomic mass is 10.1. The Hall–Kier alpha value is -2.96. The van der Waals surface area contributed by atoms with Gasteiger partial charge in [-0.25, -0.2) is 4.68 Å². The van der Waals surface area contributed by atoms with Crippen LogP contribution >= 0.6 is 0 Å². The molecule has 1 saturated heterocycles. The summed E-state index contributed by atoms with van der Waals surface area (Å²) in [6.45, 7) is 5.96. The summed E-state index contributed by atoms with van der Waals surface area (Å²) < 4.78 is 1.71. The van der Waals surface area contributed by atoms with E-state index in [9.17, 15) is 4.79 Å². The van der Waals surface area contributed by atoms with Crippen molar-refractivity contribution in [3.63, 3.8) is 0 Å². The molecule has 2 heterocycles. The van der Waals surface area contributed by atoms with Crippen LogP contribution in [0, 0.1) is 0 Å². The fourth-order valence-corrected chi connectivity index (χ4v) is 3.47.